The van der Waals surface area contributed by atoms with E-state index in [1.165, 1.54) is 32.3 Å². The van der Waals surface area contributed by atoms with Gasteiger partial charge in [0.1, 0.15) is 0 Å². The third-order valence-electron chi connectivity index (χ3n) is 9.75. The standard InChI is InChI=1S/C46H28N4/c1-2-9-29(10-3-1)43-25-26-44(50-49-43)33-12-8-11-32(27-33)41-23-20-30-17-18-31-21-24-42(48-46(31)45(30)47-41)34-19-22-39-37-15-5-4-13-35(37)36-14-6-7-16-38(36)40(39)28-34/h1-28H. The summed E-state index contributed by atoms with van der Waals surface area (Å²) in [6, 6.07) is 59.4. The summed E-state index contributed by atoms with van der Waals surface area (Å²) in [6.07, 6.45) is 0. The van der Waals surface area contributed by atoms with E-state index in [2.05, 4.69) is 138 Å². The van der Waals surface area contributed by atoms with Gasteiger partial charge in [0.15, 0.2) is 0 Å². The first-order valence-corrected chi connectivity index (χ1v) is 16.8. The lowest BCUT2D eigenvalue weighted by atomic mass is 9.93. The summed E-state index contributed by atoms with van der Waals surface area (Å²) in [4.78, 5) is 10.5. The van der Waals surface area contributed by atoms with Crippen LogP contribution in [0.3, 0.4) is 0 Å². The summed E-state index contributed by atoms with van der Waals surface area (Å²) in [6.45, 7) is 0. The van der Waals surface area contributed by atoms with Crippen LogP contribution in [-0.2, 0) is 0 Å². The highest BCUT2D eigenvalue weighted by Crippen LogP contribution is 2.37. The smallest absolute Gasteiger partial charge is 0.0972 e. The van der Waals surface area contributed by atoms with E-state index in [-0.39, 0.29) is 0 Å². The first kappa shape index (κ1) is 28.3. The lowest BCUT2D eigenvalue weighted by Gasteiger charge is -2.12. The molecule has 0 radical (unpaired) electrons. The molecule has 0 aliphatic heterocycles. The summed E-state index contributed by atoms with van der Waals surface area (Å²) in [7, 11) is 0. The van der Waals surface area contributed by atoms with Crippen molar-refractivity contribution in [2.75, 3.05) is 0 Å². The second-order valence-corrected chi connectivity index (χ2v) is 12.7. The molecule has 4 heteroatoms. The number of fused-ring (bicyclic) bond motifs is 9. The topological polar surface area (TPSA) is 51.6 Å². The van der Waals surface area contributed by atoms with Crippen LogP contribution in [0.25, 0.3) is 99.2 Å². The number of benzene rings is 7. The van der Waals surface area contributed by atoms with Gasteiger partial charge in [-0.3, -0.25) is 0 Å². The lowest BCUT2D eigenvalue weighted by Crippen LogP contribution is -1.93. The first-order valence-electron chi connectivity index (χ1n) is 16.8. The van der Waals surface area contributed by atoms with Crippen molar-refractivity contribution in [3.63, 3.8) is 0 Å². The van der Waals surface area contributed by atoms with Crippen molar-refractivity contribution >= 4 is 54.1 Å². The molecule has 0 aliphatic rings. The molecule has 50 heavy (non-hydrogen) atoms. The van der Waals surface area contributed by atoms with E-state index < -0.39 is 0 Å². The highest BCUT2D eigenvalue weighted by Gasteiger charge is 2.13. The van der Waals surface area contributed by atoms with Crippen LogP contribution in [0.2, 0.25) is 0 Å². The van der Waals surface area contributed by atoms with Gasteiger partial charge in [0, 0.05) is 33.0 Å². The van der Waals surface area contributed by atoms with E-state index in [4.69, 9.17) is 9.97 Å². The normalized spacial score (nSPS) is 11.6. The van der Waals surface area contributed by atoms with Crippen LogP contribution in [0.15, 0.2) is 170 Å². The van der Waals surface area contributed by atoms with E-state index in [0.717, 1.165) is 66.8 Å². The molecule has 0 aliphatic carbocycles. The minimum Gasteiger partial charge on any atom is -0.245 e. The van der Waals surface area contributed by atoms with Crippen LogP contribution in [0.1, 0.15) is 0 Å². The fraction of sp³-hybridized carbons (Fsp3) is 0. The fourth-order valence-corrected chi connectivity index (χ4v) is 7.24. The van der Waals surface area contributed by atoms with Gasteiger partial charge in [0.2, 0.25) is 0 Å². The molecule has 0 saturated carbocycles. The second-order valence-electron chi connectivity index (χ2n) is 12.7. The van der Waals surface area contributed by atoms with Gasteiger partial charge in [-0.2, -0.15) is 0 Å². The van der Waals surface area contributed by atoms with Crippen molar-refractivity contribution in [3.8, 4) is 45.0 Å². The van der Waals surface area contributed by atoms with E-state index in [9.17, 15) is 0 Å². The lowest BCUT2D eigenvalue weighted by molar-refractivity contribution is 1.04. The molecule has 0 bridgehead atoms. The van der Waals surface area contributed by atoms with Gasteiger partial charge >= 0.3 is 0 Å². The largest absolute Gasteiger partial charge is 0.245 e. The Bertz CT molecular complexity index is 2880. The van der Waals surface area contributed by atoms with Crippen LogP contribution in [0.5, 0.6) is 0 Å². The molecule has 0 unspecified atom stereocenters. The zero-order valence-corrected chi connectivity index (χ0v) is 27.0. The van der Waals surface area contributed by atoms with Gasteiger partial charge in [-0.05, 0) is 68.7 Å². The molecule has 4 nitrogen and oxygen atoms in total. The SMILES string of the molecule is c1ccc(-c2ccc(-c3cccc(-c4ccc5ccc6ccc(-c7ccc8c9ccccc9c9ccccc9c8c7)nc6c5n4)c3)nn2)cc1. The molecule has 0 spiro atoms. The molecule has 232 valence electrons. The molecule has 3 aromatic heterocycles. The number of pyridine rings is 2. The van der Waals surface area contributed by atoms with E-state index in [0.29, 0.717) is 0 Å². The molecule has 0 amide bonds. The average Bonchev–Trinajstić information content (AvgIpc) is 3.21. The van der Waals surface area contributed by atoms with E-state index in [1.54, 1.807) is 0 Å². The predicted molar refractivity (Wildman–Crippen MR) is 207 cm³/mol. The summed E-state index contributed by atoms with van der Waals surface area (Å²) in [5.74, 6) is 0. The molecule has 10 aromatic rings. The van der Waals surface area contributed by atoms with Gasteiger partial charge < -0.3 is 0 Å². The van der Waals surface area contributed by atoms with Crippen LogP contribution >= 0.6 is 0 Å². The predicted octanol–water partition coefficient (Wildman–Crippen LogP) is 11.7. The molecular weight excluding hydrogens is 609 g/mol. The van der Waals surface area contributed by atoms with Crippen molar-refractivity contribution in [2.24, 2.45) is 0 Å². The molecule has 0 atom stereocenters. The number of nitrogens with zero attached hydrogens (tertiary/aromatic N) is 4. The molecule has 0 saturated heterocycles. The third-order valence-corrected chi connectivity index (χ3v) is 9.75. The second kappa shape index (κ2) is 11.4. The monoisotopic (exact) mass is 636 g/mol. The van der Waals surface area contributed by atoms with Crippen molar-refractivity contribution in [1.82, 2.24) is 20.2 Å². The number of rotatable bonds is 4. The molecule has 3 heterocycles. The number of hydrogen-bond acceptors (Lipinski definition) is 4. The van der Waals surface area contributed by atoms with Crippen LogP contribution in [0, 0.1) is 0 Å². The maximum absolute atomic E-state index is 5.28. The Kier molecular flexibility index (Phi) is 6.46. The Morgan fingerprint density at radius 3 is 1.26 bits per heavy atom. The highest BCUT2D eigenvalue weighted by molar-refractivity contribution is 6.25. The maximum atomic E-state index is 5.28. The third kappa shape index (κ3) is 4.69. The Hall–Kier alpha value is -6.78. The van der Waals surface area contributed by atoms with Gasteiger partial charge in [0.05, 0.1) is 33.8 Å². The van der Waals surface area contributed by atoms with Crippen molar-refractivity contribution in [1.29, 1.82) is 0 Å². The molecular formula is C46H28N4. The van der Waals surface area contributed by atoms with Crippen molar-refractivity contribution in [2.45, 2.75) is 0 Å². The zero-order valence-electron chi connectivity index (χ0n) is 27.0. The molecule has 0 N–H and O–H groups in total. The number of aromatic nitrogens is 4. The van der Waals surface area contributed by atoms with Crippen LogP contribution in [-0.4, -0.2) is 20.2 Å². The number of hydrogen-bond donors (Lipinski definition) is 0. The van der Waals surface area contributed by atoms with Gasteiger partial charge in [0.25, 0.3) is 0 Å². The molecule has 7 aromatic carbocycles. The summed E-state index contributed by atoms with van der Waals surface area (Å²) in [5, 5.41) is 18.7. The highest BCUT2D eigenvalue weighted by atomic mass is 15.1. The Morgan fingerprint density at radius 1 is 0.260 bits per heavy atom. The zero-order chi connectivity index (χ0) is 33.0. The molecule has 10 rings (SSSR count). The van der Waals surface area contributed by atoms with Crippen molar-refractivity contribution < 1.29 is 0 Å². The Balaban J connectivity index is 1.07. The average molecular weight is 637 g/mol. The Labute approximate surface area is 288 Å². The Morgan fingerprint density at radius 2 is 0.680 bits per heavy atom. The van der Waals surface area contributed by atoms with Crippen LogP contribution in [0.4, 0.5) is 0 Å². The minimum absolute atomic E-state index is 0.820. The van der Waals surface area contributed by atoms with Crippen molar-refractivity contribution in [3.05, 3.63) is 170 Å². The molecule has 0 fully saturated rings. The fourth-order valence-electron chi connectivity index (χ4n) is 7.24. The van der Waals surface area contributed by atoms with Crippen LogP contribution < -0.4 is 0 Å². The first-order chi connectivity index (χ1) is 24.8. The van der Waals surface area contributed by atoms with Gasteiger partial charge in [-0.25, -0.2) is 9.97 Å². The van der Waals surface area contributed by atoms with Gasteiger partial charge in [-0.1, -0.05) is 133 Å². The van der Waals surface area contributed by atoms with Gasteiger partial charge in [-0.15, -0.1) is 10.2 Å². The van der Waals surface area contributed by atoms with E-state index >= 15 is 0 Å². The quantitative estimate of drug-likeness (QED) is 0.180. The summed E-state index contributed by atoms with van der Waals surface area (Å²) in [5.41, 5.74) is 9.40. The minimum atomic E-state index is 0.820. The van der Waals surface area contributed by atoms with E-state index in [1.807, 2.05) is 42.5 Å². The maximum Gasteiger partial charge on any atom is 0.0972 e. The summed E-state index contributed by atoms with van der Waals surface area (Å²) >= 11 is 0. The summed E-state index contributed by atoms with van der Waals surface area (Å²) < 4.78 is 0.